The quantitative estimate of drug-likeness (QED) is 0.251. The van der Waals surface area contributed by atoms with Crippen molar-refractivity contribution in [2.45, 2.75) is 52.5 Å². The van der Waals surface area contributed by atoms with Crippen LogP contribution in [0.15, 0.2) is 4.99 Å². The minimum Gasteiger partial charge on any atom is -0.381 e. The Labute approximate surface area is 160 Å². The number of aliphatic imine (C=N–C) groups is 1. The van der Waals surface area contributed by atoms with Crippen molar-refractivity contribution in [2.24, 2.45) is 10.9 Å². The second kappa shape index (κ2) is 14.3. The summed E-state index contributed by atoms with van der Waals surface area (Å²) in [6.45, 7) is 12.5. The molecule has 1 aliphatic heterocycles. The third-order valence-electron chi connectivity index (χ3n) is 4.09. The highest BCUT2D eigenvalue weighted by atomic mass is 127. The van der Waals surface area contributed by atoms with Gasteiger partial charge in [0.15, 0.2) is 5.96 Å². The molecule has 1 rings (SSSR count). The third-order valence-corrected chi connectivity index (χ3v) is 4.09. The molecule has 2 N–H and O–H groups in total. The number of halogens is 1. The van der Waals surface area contributed by atoms with Crippen LogP contribution in [0.5, 0.6) is 0 Å². The number of rotatable bonds is 9. The van der Waals surface area contributed by atoms with Crippen molar-refractivity contribution < 1.29 is 4.74 Å². The smallest absolute Gasteiger partial charge is 0.191 e. The minimum absolute atomic E-state index is 0. The van der Waals surface area contributed by atoms with Gasteiger partial charge in [-0.15, -0.1) is 24.0 Å². The first kappa shape index (κ1) is 22.9. The molecule has 1 atom stereocenters. The third kappa shape index (κ3) is 10.4. The largest absolute Gasteiger partial charge is 0.381 e. The van der Waals surface area contributed by atoms with Crippen LogP contribution in [0.25, 0.3) is 0 Å². The Balaban J connectivity index is 0.00000484. The van der Waals surface area contributed by atoms with Crippen LogP contribution in [0.2, 0.25) is 0 Å². The fraction of sp³-hybridized carbons (Fsp3) is 0.941. The number of likely N-dealkylation sites (tertiary alicyclic amines) is 1. The second-order valence-electron chi connectivity index (χ2n) is 6.48. The van der Waals surface area contributed by atoms with Crippen LogP contribution in [0.4, 0.5) is 0 Å². The number of nitrogens with one attached hydrogen (secondary N) is 2. The maximum atomic E-state index is 5.59. The van der Waals surface area contributed by atoms with E-state index in [1.807, 2.05) is 7.05 Å². The van der Waals surface area contributed by atoms with Crippen LogP contribution in [-0.4, -0.2) is 63.3 Å². The van der Waals surface area contributed by atoms with Crippen LogP contribution in [0, 0.1) is 5.92 Å². The van der Waals surface area contributed by atoms with Gasteiger partial charge in [0.25, 0.3) is 0 Å². The SMILES string of the molecule is CCN1CCCCC1CNC(=NC)NCCCOCC(C)C.I. The zero-order valence-corrected chi connectivity index (χ0v) is 17.8. The van der Waals surface area contributed by atoms with Crippen molar-refractivity contribution in [1.82, 2.24) is 15.5 Å². The van der Waals surface area contributed by atoms with Gasteiger partial charge in [-0.25, -0.2) is 0 Å². The predicted octanol–water partition coefficient (Wildman–Crippen LogP) is 2.71. The summed E-state index contributed by atoms with van der Waals surface area (Å²) < 4.78 is 5.59. The van der Waals surface area contributed by atoms with Gasteiger partial charge in [0.05, 0.1) is 0 Å². The van der Waals surface area contributed by atoms with Crippen LogP contribution in [-0.2, 0) is 4.74 Å². The van der Waals surface area contributed by atoms with Crippen molar-refractivity contribution >= 4 is 29.9 Å². The summed E-state index contributed by atoms with van der Waals surface area (Å²) in [7, 11) is 1.84. The van der Waals surface area contributed by atoms with E-state index in [1.54, 1.807) is 0 Å². The van der Waals surface area contributed by atoms with E-state index in [9.17, 15) is 0 Å². The van der Waals surface area contributed by atoms with Crippen molar-refractivity contribution in [3.8, 4) is 0 Å². The lowest BCUT2D eigenvalue weighted by Gasteiger charge is -2.35. The number of hydrogen-bond donors (Lipinski definition) is 2. The van der Waals surface area contributed by atoms with Gasteiger partial charge >= 0.3 is 0 Å². The zero-order chi connectivity index (χ0) is 16.2. The van der Waals surface area contributed by atoms with Gasteiger partial charge in [0.2, 0.25) is 0 Å². The van der Waals surface area contributed by atoms with Gasteiger partial charge in [-0.05, 0) is 38.3 Å². The Hall–Kier alpha value is -0.0800. The molecule has 0 aliphatic carbocycles. The van der Waals surface area contributed by atoms with E-state index >= 15 is 0 Å². The summed E-state index contributed by atoms with van der Waals surface area (Å²) in [5, 5.41) is 6.84. The molecule has 138 valence electrons. The first-order valence-electron chi connectivity index (χ1n) is 8.93. The summed E-state index contributed by atoms with van der Waals surface area (Å²) in [6.07, 6.45) is 4.99. The number of likely N-dealkylation sites (N-methyl/N-ethyl adjacent to an activating group) is 1. The van der Waals surface area contributed by atoms with Gasteiger partial charge in [-0.1, -0.05) is 27.2 Å². The molecular formula is C17H37IN4O. The Morgan fingerprint density at radius 1 is 1.30 bits per heavy atom. The topological polar surface area (TPSA) is 48.9 Å². The van der Waals surface area contributed by atoms with Gasteiger partial charge < -0.3 is 15.4 Å². The molecule has 0 aromatic heterocycles. The molecule has 0 aromatic carbocycles. The first-order valence-corrected chi connectivity index (χ1v) is 8.93. The molecule has 1 fully saturated rings. The number of piperidine rings is 1. The highest BCUT2D eigenvalue weighted by Crippen LogP contribution is 2.15. The van der Waals surface area contributed by atoms with Gasteiger partial charge in [0, 0.05) is 39.4 Å². The molecule has 1 saturated heterocycles. The highest BCUT2D eigenvalue weighted by molar-refractivity contribution is 14.0. The first-order chi connectivity index (χ1) is 10.7. The molecule has 23 heavy (non-hydrogen) atoms. The van der Waals surface area contributed by atoms with Crippen molar-refractivity contribution in [2.75, 3.05) is 46.4 Å². The van der Waals surface area contributed by atoms with Crippen molar-refractivity contribution in [1.29, 1.82) is 0 Å². The van der Waals surface area contributed by atoms with Crippen LogP contribution >= 0.6 is 24.0 Å². The maximum Gasteiger partial charge on any atom is 0.191 e. The molecule has 1 aliphatic rings. The molecule has 0 amide bonds. The molecule has 0 saturated carbocycles. The average Bonchev–Trinajstić information content (AvgIpc) is 2.53. The molecule has 0 spiro atoms. The molecule has 0 radical (unpaired) electrons. The second-order valence-corrected chi connectivity index (χ2v) is 6.48. The summed E-state index contributed by atoms with van der Waals surface area (Å²) in [5.74, 6) is 1.52. The number of nitrogens with zero attached hydrogens (tertiary/aromatic N) is 2. The van der Waals surface area contributed by atoms with Crippen LogP contribution < -0.4 is 10.6 Å². The molecule has 6 heteroatoms. The lowest BCUT2D eigenvalue weighted by Crippen LogP contribution is -2.49. The van der Waals surface area contributed by atoms with Crippen molar-refractivity contribution in [3.05, 3.63) is 0 Å². The Morgan fingerprint density at radius 3 is 2.74 bits per heavy atom. The standard InChI is InChI=1S/C17H36N4O.HI/c1-5-21-11-7-6-9-16(21)13-20-17(18-4)19-10-8-12-22-14-15(2)3;/h15-16H,5-14H2,1-4H3,(H2,18,19,20);1H. The molecule has 0 bridgehead atoms. The van der Waals surface area contributed by atoms with Gasteiger partial charge in [0.1, 0.15) is 0 Å². The summed E-state index contributed by atoms with van der Waals surface area (Å²) in [4.78, 5) is 6.88. The Morgan fingerprint density at radius 2 is 2.09 bits per heavy atom. The molecule has 0 aromatic rings. The summed E-state index contributed by atoms with van der Waals surface area (Å²) >= 11 is 0. The van der Waals surface area contributed by atoms with Gasteiger partial charge in [-0.2, -0.15) is 0 Å². The van der Waals surface area contributed by atoms with E-state index in [4.69, 9.17) is 4.74 Å². The van der Waals surface area contributed by atoms with E-state index in [2.05, 4.69) is 41.3 Å². The summed E-state index contributed by atoms with van der Waals surface area (Å²) in [6, 6.07) is 0.645. The normalized spacial score (nSPS) is 19.5. The minimum atomic E-state index is 0. The van der Waals surface area contributed by atoms with E-state index in [-0.39, 0.29) is 24.0 Å². The lowest BCUT2D eigenvalue weighted by atomic mass is 10.0. The molecule has 1 unspecified atom stereocenters. The zero-order valence-electron chi connectivity index (χ0n) is 15.4. The van der Waals surface area contributed by atoms with E-state index in [1.165, 1.54) is 25.8 Å². The van der Waals surface area contributed by atoms with E-state index in [0.29, 0.717) is 12.0 Å². The molecule has 5 nitrogen and oxygen atoms in total. The van der Waals surface area contributed by atoms with Crippen molar-refractivity contribution in [3.63, 3.8) is 0 Å². The number of hydrogen-bond acceptors (Lipinski definition) is 3. The highest BCUT2D eigenvalue weighted by Gasteiger charge is 2.20. The van der Waals surface area contributed by atoms with Crippen LogP contribution in [0.1, 0.15) is 46.5 Å². The number of guanidine groups is 1. The molecular weight excluding hydrogens is 403 g/mol. The maximum absolute atomic E-state index is 5.59. The predicted molar refractivity (Wildman–Crippen MR) is 110 cm³/mol. The Kier molecular flexibility index (Phi) is 14.2. The summed E-state index contributed by atoms with van der Waals surface area (Å²) in [5.41, 5.74) is 0. The fourth-order valence-corrected chi connectivity index (χ4v) is 2.84. The monoisotopic (exact) mass is 440 g/mol. The van der Waals surface area contributed by atoms with Gasteiger partial charge in [-0.3, -0.25) is 9.89 Å². The average molecular weight is 440 g/mol. The number of ether oxygens (including phenoxy) is 1. The van der Waals surface area contributed by atoms with E-state index in [0.717, 1.165) is 45.2 Å². The molecule has 1 heterocycles. The van der Waals surface area contributed by atoms with E-state index < -0.39 is 0 Å². The lowest BCUT2D eigenvalue weighted by molar-refractivity contribution is 0.108. The fourth-order valence-electron chi connectivity index (χ4n) is 2.84. The Bertz CT molecular complexity index is 313. The van der Waals surface area contributed by atoms with Crippen LogP contribution in [0.3, 0.4) is 0 Å².